The van der Waals surface area contributed by atoms with Gasteiger partial charge in [0.15, 0.2) is 0 Å². The number of hydrogen-bond acceptors (Lipinski definition) is 2. The minimum absolute atomic E-state index is 0.323. The second kappa shape index (κ2) is 7.06. The lowest BCUT2D eigenvalue weighted by molar-refractivity contribution is 1.05. The maximum absolute atomic E-state index is 4.30. The Morgan fingerprint density at radius 2 is 1.93 bits per heavy atom. The largest absolute Gasteiger partial charge is 0.134 e. The quantitative estimate of drug-likeness (QED) is 0.356. The SMILES string of the molecule is C=C(C)C#CC1(C)C=CC(=C)c2ccc3c(sc4cc(C#CC)ccc43)c2S1. The molecule has 1 aliphatic heterocycles. The Kier molecular flexibility index (Phi) is 4.72. The van der Waals surface area contributed by atoms with Crippen molar-refractivity contribution in [3.05, 3.63) is 72.3 Å². The molecular weight excluding hydrogens is 376 g/mol. The van der Waals surface area contributed by atoms with Crippen LogP contribution in [0, 0.1) is 23.7 Å². The molecule has 1 aromatic heterocycles. The predicted molar refractivity (Wildman–Crippen MR) is 127 cm³/mol. The Morgan fingerprint density at radius 3 is 2.68 bits per heavy atom. The number of allylic oxidation sites excluding steroid dienone is 3. The van der Waals surface area contributed by atoms with Crippen LogP contribution in [0.15, 0.2) is 66.1 Å². The molecule has 2 heterocycles. The van der Waals surface area contributed by atoms with Crippen molar-refractivity contribution in [2.75, 3.05) is 0 Å². The van der Waals surface area contributed by atoms with E-state index in [2.05, 4.69) is 86.2 Å². The third-order valence-corrected chi connectivity index (χ3v) is 7.26. The van der Waals surface area contributed by atoms with Crippen LogP contribution in [0.2, 0.25) is 0 Å². The molecule has 0 bridgehead atoms. The molecule has 2 heteroatoms. The zero-order chi connectivity index (χ0) is 19.9. The molecule has 0 radical (unpaired) electrons. The van der Waals surface area contributed by atoms with Gasteiger partial charge in [-0.15, -0.1) is 17.3 Å². The molecule has 0 N–H and O–H groups in total. The second-order valence-electron chi connectivity index (χ2n) is 7.10. The van der Waals surface area contributed by atoms with Crippen LogP contribution >= 0.6 is 23.1 Å². The van der Waals surface area contributed by atoms with Crippen LogP contribution in [0.25, 0.3) is 25.7 Å². The van der Waals surface area contributed by atoms with Gasteiger partial charge in [0.05, 0.1) is 4.75 Å². The average molecular weight is 397 g/mol. The Balaban J connectivity index is 1.97. The Hall–Kier alpha value is -2.65. The molecule has 0 saturated carbocycles. The number of hydrogen-bond donors (Lipinski definition) is 0. The molecule has 28 heavy (non-hydrogen) atoms. The van der Waals surface area contributed by atoms with Crippen LogP contribution in [0.5, 0.6) is 0 Å². The summed E-state index contributed by atoms with van der Waals surface area (Å²) < 4.78 is 2.24. The zero-order valence-electron chi connectivity index (χ0n) is 16.3. The van der Waals surface area contributed by atoms with Gasteiger partial charge in [0, 0.05) is 30.6 Å². The zero-order valence-corrected chi connectivity index (χ0v) is 17.9. The molecule has 1 aliphatic rings. The van der Waals surface area contributed by atoms with E-state index in [0.717, 1.165) is 16.7 Å². The van der Waals surface area contributed by atoms with Crippen molar-refractivity contribution in [2.45, 2.75) is 30.4 Å². The summed E-state index contributed by atoms with van der Waals surface area (Å²) in [6.07, 6.45) is 4.25. The number of benzene rings is 2. The monoisotopic (exact) mass is 396 g/mol. The molecule has 1 atom stereocenters. The lowest BCUT2D eigenvalue weighted by atomic mass is 10.0. The van der Waals surface area contributed by atoms with E-state index in [1.807, 2.05) is 25.2 Å². The molecule has 0 amide bonds. The van der Waals surface area contributed by atoms with Crippen LogP contribution in [0.1, 0.15) is 31.9 Å². The van der Waals surface area contributed by atoms with Crippen molar-refractivity contribution in [1.82, 2.24) is 0 Å². The summed E-state index contributed by atoms with van der Waals surface area (Å²) in [4.78, 5) is 1.26. The van der Waals surface area contributed by atoms with Crippen LogP contribution in [0.3, 0.4) is 0 Å². The van der Waals surface area contributed by atoms with Crippen LogP contribution < -0.4 is 0 Å². The highest BCUT2D eigenvalue weighted by atomic mass is 32.2. The van der Waals surface area contributed by atoms with Gasteiger partial charge in [0.25, 0.3) is 0 Å². The van der Waals surface area contributed by atoms with Gasteiger partial charge in [0.2, 0.25) is 0 Å². The van der Waals surface area contributed by atoms with Gasteiger partial charge in [-0.3, -0.25) is 0 Å². The molecule has 0 aliphatic carbocycles. The first-order valence-corrected chi connectivity index (χ1v) is 10.7. The number of rotatable bonds is 0. The summed E-state index contributed by atoms with van der Waals surface area (Å²) in [5, 5.41) is 2.56. The summed E-state index contributed by atoms with van der Waals surface area (Å²) in [6, 6.07) is 10.9. The minimum Gasteiger partial charge on any atom is -0.134 e. The first-order valence-electron chi connectivity index (χ1n) is 9.08. The maximum atomic E-state index is 4.30. The molecule has 1 unspecified atom stereocenters. The van der Waals surface area contributed by atoms with E-state index < -0.39 is 0 Å². The van der Waals surface area contributed by atoms with Crippen molar-refractivity contribution < 1.29 is 0 Å². The summed E-state index contributed by atoms with van der Waals surface area (Å²) >= 11 is 3.63. The minimum atomic E-state index is -0.323. The molecule has 3 aromatic rings. The highest BCUT2D eigenvalue weighted by Gasteiger charge is 2.27. The molecule has 4 rings (SSSR count). The van der Waals surface area contributed by atoms with E-state index >= 15 is 0 Å². The fourth-order valence-corrected chi connectivity index (χ4v) is 5.89. The summed E-state index contributed by atoms with van der Waals surface area (Å²) in [5.74, 6) is 12.7. The first kappa shape index (κ1) is 18.7. The predicted octanol–water partition coefficient (Wildman–Crippen LogP) is 7.44. The van der Waals surface area contributed by atoms with Crippen molar-refractivity contribution in [3.63, 3.8) is 0 Å². The highest BCUT2D eigenvalue weighted by Crippen LogP contribution is 2.48. The first-order chi connectivity index (χ1) is 13.4. The molecule has 136 valence electrons. The lowest BCUT2D eigenvalue weighted by Crippen LogP contribution is -2.12. The van der Waals surface area contributed by atoms with Gasteiger partial charge < -0.3 is 0 Å². The van der Waals surface area contributed by atoms with E-state index in [9.17, 15) is 0 Å². The van der Waals surface area contributed by atoms with Crippen LogP contribution in [0.4, 0.5) is 0 Å². The topological polar surface area (TPSA) is 0 Å². The fraction of sp³-hybridized carbons (Fsp3) is 0.154. The standard InChI is InChI=1S/C26H20S2/c1-6-7-19-8-9-21-22-11-10-20-18(4)13-15-26(5,14-12-17(2)3)28-25(20)24(22)27-23(21)16-19/h8-11,13,15-16H,2,4H2,1,3,5H3. The second-order valence-corrected chi connectivity index (χ2v) is 9.62. The van der Waals surface area contributed by atoms with E-state index in [4.69, 9.17) is 0 Å². The average Bonchev–Trinajstić information content (AvgIpc) is 2.97. The van der Waals surface area contributed by atoms with Gasteiger partial charge in [-0.05, 0) is 49.6 Å². The number of thiophene rings is 1. The maximum Gasteiger partial charge on any atom is 0.0970 e. The lowest BCUT2D eigenvalue weighted by Gasteiger charge is -2.18. The van der Waals surface area contributed by atoms with Crippen LogP contribution in [-0.4, -0.2) is 4.75 Å². The van der Waals surface area contributed by atoms with Gasteiger partial charge in [-0.25, -0.2) is 0 Å². The molecule has 0 nitrogen and oxygen atoms in total. The fourth-order valence-electron chi connectivity index (χ4n) is 3.29. The Morgan fingerprint density at radius 1 is 1.14 bits per heavy atom. The highest BCUT2D eigenvalue weighted by molar-refractivity contribution is 8.01. The normalized spacial score (nSPS) is 18.0. The third kappa shape index (κ3) is 3.31. The molecule has 0 saturated heterocycles. The van der Waals surface area contributed by atoms with Crippen molar-refractivity contribution in [3.8, 4) is 23.7 Å². The van der Waals surface area contributed by atoms with E-state index in [1.165, 1.54) is 30.6 Å². The van der Waals surface area contributed by atoms with E-state index in [0.29, 0.717) is 0 Å². The van der Waals surface area contributed by atoms with Crippen molar-refractivity contribution in [2.24, 2.45) is 0 Å². The van der Waals surface area contributed by atoms with Gasteiger partial charge in [0.1, 0.15) is 0 Å². The third-order valence-electron chi connectivity index (χ3n) is 4.65. The number of thioether (sulfide) groups is 1. The summed E-state index contributed by atoms with van der Waals surface area (Å²) in [7, 11) is 0. The van der Waals surface area contributed by atoms with E-state index in [-0.39, 0.29) is 4.75 Å². The molecule has 2 aromatic carbocycles. The van der Waals surface area contributed by atoms with Gasteiger partial charge >= 0.3 is 0 Å². The number of fused-ring (bicyclic) bond motifs is 5. The molecular formula is C26H20S2. The van der Waals surface area contributed by atoms with E-state index in [1.54, 1.807) is 11.8 Å². The smallest absolute Gasteiger partial charge is 0.0970 e. The summed E-state index contributed by atoms with van der Waals surface area (Å²) in [6.45, 7) is 14.2. The van der Waals surface area contributed by atoms with Crippen LogP contribution in [-0.2, 0) is 0 Å². The Labute approximate surface area is 175 Å². The summed E-state index contributed by atoms with van der Waals surface area (Å²) in [5.41, 5.74) is 4.15. The van der Waals surface area contributed by atoms with Crippen molar-refractivity contribution >= 4 is 48.8 Å². The Bertz CT molecular complexity index is 1310. The molecule has 0 spiro atoms. The van der Waals surface area contributed by atoms with Gasteiger partial charge in [-0.2, -0.15) is 0 Å². The molecule has 0 fully saturated rings. The van der Waals surface area contributed by atoms with Gasteiger partial charge in [-0.1, -0.05) is 73.0 Å². The van der Waals surface area contributed by atoms with Crippen molar-refractivity contribution in [1.29, 1.82) is 0 Å².